The number of aryl methyl sites for hydroxylation is 2. The Balaban J connectivity index is 2.04. The van der Waals surface area contributed by atoms with Gasteiger partial charge in [-0.15, -0.1) is 0 Å². The third-order valence-corrected chi connectivity index (χ3v) is 4.03. The van der Waals surface area contributed by atoms with E-state index in [1.807, 2.05) is 20.2 Å². The smallest absolute Gasteiger partial charge is 0.0941 e. The van der Waals surface area contributed by atoms with E-state index in [2.05, 4.69) is 17.0 Å². The first kappa shape index (κ1) is 14.5. The molecular weight excluding hydrogens is 236 g/mol. The largest absolute Gasteiger partial charge is 0.387 e. The second-order valence-corrected chi connectivity index (χ2v) is 5.94. The van der Waals surface area contributed by atoms with Crippen LogP contribution in [0.3, 0.4) is 0 Å². The fourth-order valence-electron chi connectivity index (χ4n) is 2.75. The van der Waals surface area contributed by atoms with Crippen LogP contribution in [0.15, 0.2) is 18.2 Å². The van der Waals surface area contributed by atoms with E-state index in [-0.39, 0.29) is 6.04 Å². The molecule has 19 heavy (non-hydrogen) atoms. The molecule has 0 amide bonds. The molecule has 1 aromatic rings. The molecule has 3 N–H and O–H groups in total. The molecule has 0 aliphatic heterocycles. The zero-order chi connectivity index (χ0) is 13.8. The van der Waals surface area contributed by atoms with Crippen molar-refractivity contribution in [1.82, 2.24) is 4.90 Å². The SMILES string of the molecule is CN(C)CCC(N)C(O)c1ccc2c(c1)CCCC2. The molecule has 0 saturated heterocycles. The Kier molecular flexibility index (Phi) is 4.97. The van der Waals surface area contributed by atoms with Crippen molar-refractivity contribution in [3.8, 4) is 0 Å². The molecule has 0 radical (unpaired) electrons. The van der Waals surface area contributed by atoms with E-state index in [1.165, 1.54) is 30.4 Å². The molecule has 1 aliphatic rings. The summed E-state index contributed by atoms with van der Waals surface area (Å²) in [6.45, 7) is 0.906. The number of aliphatic hydroxyl groups is 1. The van der Waals surface area contributed by atoms with Gasteiger partial charge in [-0.05, 0) is 69.4 Å². The summed E-state index contributed by atoms with van der Waals surface area (Å²) in [5.41, 5.74) is 9.93. The van der Waals surface area contributed by atoms with Crippen LogP contribution in [0.25, 0.3) is 0 Å². The van der Waals surface area contributed by atoms with Crippen LogP contribution in [0.2, 0.25) is 0 Å². The van der Waals surface area contributed by atoms with Crippen LogP contribution < -0.4 is 5.73 Å². The lowest BCUT2D eigenvalue weighted by Gasteiger charge is -2.23. The minimum absolute atomic E-state index is 0.191. The van der Waals surface area contributed by atoms with Gasteiger partial charge in [-0.2, -0.15) is 0 Å². The highest BCUT2D eigenvalue weighted by Gasteiger charge is 2.19. The van der Waals surface area contributed by atoms with Gasteiger partial charge in [-0.3, -0.25) is 0 Å². The molecule has 2 rings (SSSR count). The first-order valence-electron chi connectivity index (χ1n) is 7.28. The van der Waals surface area contributed by atoms with E-state index in [9.17, 15) is 5.11 Å². The standard InChI is InChI=1S/C16H26N2O/c1-18(2)10-9-15(17)16(19)14-8-7-12-5-3-4-6-13(12)11-14/h7-8,11,15-16,19H,3-6,9-10,17H2,1-2H3. The number of hydrogen-bond donors (Lipinski definition) is 2. The maximum absolute atomic E-state index is 10.4. The fraction of sp³-hybridized carbons (Fsp3) is 0.625. The van der Waals surface area contributed by atoms with Crippen molar-refractivity contribution in [2.45, 2.75) is 44.2 Å². The van der Waals surface area contributed by atoms with Crippen LogP contribution in [-0.4, -0.2) is 36.7 Å². The summed E-state index contributed by atoms with van der Waals surface area (Å²) in [6.07, 6.45) is 5.13. The lowest BCUT2D eigenvalue weighted by atomic mass is 9.88. The van der Waals surface area contributed by atoms with Crippen LogP contribution in [0.5, 0.6) is 0 Å². The van der Waals surface area contributed by atoms with Gasteiger partial charge in [0.05, 0.1) is 6.10 Å². The van der Waals surface area contributed by atoms with E-state index in [4.69, 9.17) is 5.73 Å². The predicted molar refractivity (Wildman–Crippen MR) is 79.2 cm³/mol. The number of benzene rings is 1. The van der Waals surface area contributed by atoms with Gasteiger partial charge >= 0.3 is 0 Å². The number of nitrogens with two attached hydrogens (primary N) is 1. The minimum atomic E-state index is -0.549. The molecule has 1 aromatic carbocycles. The van der Waals surface area contributed by atoms with Crippen LogP contribution in [0, 0.1) is 0 Å². The monoisotopic (exact) mass is 262 g/mol. The molecule has 0 aromatic heterocycles. The first-order chi connectivity index (χ1) is 9.08. The lowest BCUT2D eigenvalue weighted by molar-refractivity contribution is 0.137. The molecule has 0 heterocycles. The molecule has 1 aliphatic carbocycles. The molecule has 2 atom stereocenters. The number of nitrogens with zero attached hydrogens (tertiary/aromatic N) is 1. The highest BCUT2D eigenvalue weighted by molar-refractivity contribution is 5.35. The summed E-state index contributed by atoms with van der Waals surface area (Å²) in [5.74, 6) is 0. The lowest BCUT2D eigenvalue weighted by Crippen LogP contribution is -2.32. The second kappa shape index (κ2) is 6.51. The molecule has 106 valence electrons. The van der Waals surface area contributed by atoms with Crippen molar-refractivity contribution >= 4 is 0 Å². The molecular formula is C16H26N2O. The van der Waals surface area contributed by atoms with E-state index >= 15 is 0 Å². The summed E-state index contributed by atoms with van der Waals surface area (Å²) < 4.78 is 0. The van der Waals surface area contributed by atoms with Gasteiger partial charge in [0.2, 0.25) is 0 Å². The summed E-state index contributed by atoms with van der Waals surface area (Å²) in [5, 5.41) is 10.4. The predicted octanol–water partition coefficient (Wildman–Crippen LogP) is 1.88. The second-order valence-electron chi connectivity index (χ2n) is 5.94. The van der Waals surface area contributed by atoms with E-state index in [0.29, 0.717) is 0 Å². The van der Waals surface area contributed by atoms with E-state index in [0.717, 1.165) is 24.9 Å². The van der Waals surface area contributed by atoms with Crippen molar-refractivity contribution in [3.05, 3.63) is 34.9 Å². The number of aliphatic hydroxyl groups excluding tert-OH is 1. The van der Waals surface area contributed by atoms with Crippen LogP contribution in [0.4, 0.5) is 0 Å². The molecule has 3 nitrogen and oxygen atoms in total. The van der Waals surface area contributed by atoms with Gasteiger partial charge in [-0.1, -0.05) is 18.2 Å². The summed E-state index contributed by atoms with van der Waals surface area (Å²) in [7, 11) is 4.05. The fourth-order valence-corrected chi connectivity index (χ4v) is 2.75. The first-order valence-corrected chi connectivity index (χ1v) is 7.28. The van der Waals surface area contributed by atoms with Crippen molar-refractivity contribution in [3.63, 3.8) is 0 Å². The normalized spacial score (nSPS) is 18.2. The quantitative estimate of drug-likeness (QED) is 0.852. The molecule has 0 spiro atoms. The number of rotatable bonds is 5. The molecule has 0 saturated carbocycles. The van der Waals surface area contributed by atoms with Crippen molar-refractivity contribution < 1.29 is 5.11 Å². The molecule has 3 heteroatoms. The zero-order valence-corrected chi connectivity index (χ0v) is 12.1. The molecule has 0 fully saturated rings. The minimum Gasteiger partial charge on any atom is -0.387 e. The number of fused-ring (bicyclic) bond motifs is 1. The molecule has 2 unspecified atom stereocenters. The van der Waals surface area contributed by atoms with Gasteiger partial charge in [-0.25, -0.2) is 0 Å². The maximum atomic E-state index is 10.4. The van der Waals surface area contributed by atoms with Gasteiger partial charge in [0.1, 0.15) is 0 Å². The summed E-state index contributed by atoms with van der Waals surface area (Å²) in [4.78, 5) is 2.10. The Morgan fingerprint density at radius 3 is 2.58 bits per heavy atom. The average molecular weight is 262 g/mol. The number of hydrogen-bond acceptors (Lipinski definition) is 3. The summed E-state index contributed by atoms with van der Waals surface area (Å²) in [6, 6.07) is 6.19. The van der Waals surface area contributed by atoms with Crippen molar-refractivity contribution in [1.29, 1.82) is 0 Å². The third-order valence-electron chi connectivity index (χ3n) is 4.03. The molecule has 0 bridgehead atoms. The van der Waals surface area contributed by atoms with Gasteiger partial charge in [0, 0.05) is 6.04 Å². The van der Waals surface area contributed by atoms with Gasteiger partial charge < -0.3 is 15.7 Å². The Bertz CT molecular complexity index is 417. The Hall–Kier alpha value is -0.900. The van der Waals surface area contributed by atoms with Gasteiger partial charge in [0.15, 0.2) is 0 Å². The highest BCUT2D eigenvalue weighted by Crippen LogP contribution is 2.26. The average Bonchev–Trinajstić information content (AvgIpc) is 2.43. The Labute approximate surface area is 116 Å². The van der Waals surface area contributed by atoms with Crippen molar-refractivity contribution in [2.24, 2.45) is 5.73 Å². The van der Waals surface area contributed by atoms with E-state index < -0.39 is 6.10 Å². The zero-order valence-electron chi connectivity index (χ0n) is 12.1. The topological polar surface area (TPSA) is 49.5 Å². The highest BCUT2D eigenvalue weighted by atomic mass is 16.3. The van der Waals surface area contributed by atoms with Crippen LogP contribution in [0.1, 0.15) is 42.1 Å². The van der Waals surface area contributed by atoms with Crippen LogP contribution >= 0.6 is 0 Å². The van der Waals surface area contributed by atoms with Crippen molar-refractivity contribution in [2.75, 3.05) is 20.6 Å². The van der Waals surface area contributed by atoms with E-state index in [1.54, 1.807) is 0 Å². The van der Waals surface area contributed by atoms with Crippen LogP contribution in [-0.2, 0) is 12.8 Å². The summed E-state index contributed by atoms with van der Waals surface area (Å²) >= 11 is 0. The Morgan fingerprint density at radius 2 is 1.89 bits per heavy atom. The maximum Gasteiger partial charge on any atom is 0.0941 e. The third kappa shape index (κ3) is 3.78. The van der Waals surface area contributed by atoms with Gasteiger partial charge in [0.25, 0.3) is 0 Å². The Morgan fingerprint density at radius 1 is 1.21 bits per heavy atom.